The van der Waals surface area contributed by atoms with E-state index in [1.54, 1.807) is 0 Å². The third-order valence-electron chi connectivity index (χ3n) is 3.59. The Morgan fingerprint density at radius 1 is 1.53 bits per heavy atom. The minimum absolute atomic E-state index is 0.532. The van der Waals surface area contributed by atoms with Crippen molar-refractivity contribution in [2.75, 3.05) is 31.2 Å². The Labute approximate surface area is 115 Å². The number of ether oxygens (including phenoxy) is 1. The van der Waals surface area contributed by atoms with Gasteiger partial charge in [-0.1, -0.05) is 6.07 Å². The summed E-state index contributed by atoms with van der Waals surface area (Å²) in [5, 5.41) is 9.06. The Balaban J connectivity index is 2.07. The molecule has 4 nitrogen and oxygen atoms in total. The van der Waals surface area contributed by atoms with Gasteiger partial charge in [-0.05, 0) is 44.2 Å². The van der Waals surface area contributed by atoms with Crippen LogP contribution in [-0.4, -0.2) is 31.3 Å². The van der Waals surface area contributed by atoms with Crippen LogP contribution >= 0.6 is 0 Å². The fraction of sp³-hybridized carbons (Fsp3) is 0.600. The Morgan fingerprint density at radius 3 is 3.11 bits per heavy atom. The molecule has 0 spiro atoms. The predicted molar refractivity (Wildman–Crippen MR) is 75.1 cm³/mol. The van der Waals surface area contributed by atoms with Gasteiger partial charge in [0, 0.05) is 19.7 Å². The molecule has 1 unspecified atom stereocenters. The first-order chi connectivity index (χ1) is 9.24. The minimum Gasteiger partial charge on any atom is -0.381 e. The molecule has 1 fully saturated rings. The van der Waals surface area contributed by atoms with Gasteiger partial charge in [0.15, 0.2) is 0 Å². The smallest absolute Gasteiger partial charge is 0.145 e. The van der Waals surface area contributed by atoms with E-state index in [9.17, 15) is 0 Å². The van der Waals surface area contributed by atoms with Crippen molar-refractivity contribution in [3.8, 4) is 6.07 Å². The summed E-state index contributed by atoms with van der Waals surface area (Å²) in [5.41, 5.74) is 1.47. The maximum Gasteiger partial charge on any atom is 0.145 e. The molecule has 1 atom stereocenters. The summed E-state index contributed by atoms with van der Waals surface area (Å²) in [6.45, 7) is 7.54. The quantitative estimate of drug-likeness (QED) is 0.833. The van der Waals surface area contributed by atoms with Gasteiger partial charge in [0.25, 0.3) is 0 Å². The van der Waals surface area contributed by atoms with Crippen molar-refractivity contribution in [3.05, 3.63) is 23.4 Å². The van der Waals surface area contributed by atoms with Crippen molar-refractivity contribution in [2.24, 2.45) is 5.92 Å². The Morgan fingerprint density at radius 2 is 2.37 bits per heavy atom. The molecule has 4 heteroatoms. The molecule has 1 aliphatic heterocycles. The highest BCUT2D eigenvalue weighted by Gasteiger charge is 2.21. The predicted octanol–water partition coefficient (Wildman–Crippen LogP) is 2.51. The number of aromatic nitrogens is 1. The molecule has 1 saturated heterocycles. The lowest BCUT2D eigenvalue weighted by atomic mass is 9.99. The summed E-state index contributed by atoms with van der Waals surface area (Å²) in [6, 6.07) is 6.15. The largest absolute Gasteiger partial charge is 0.381 e. The average Bonchev–Trinajstić information content (AvgIpc) is 2.46. The highest BCUT2D eigenvalue weighted by Crippen LogP contribution is 2.22. The van der Waals surface area contributed by atoms with E-state index in [2.05, 4.69) is 16.0 Å². The van der Waals surface area contributed by atoms with Crippen LogP contribution in [0.15, 0.2) is 12.1 Å². The van der Waals surface area contributed by atoms with Gasteiger partial charge < -0.3 is 9.64 Å². The van der Waals surface area contributed by atoms with Gasteiger partial charge in [0.1, 0.15) is 17.6 Å². The molecule has 102 valence electrons. The summed E-state index contributed by atoms with van der Waals surface area (Å²) >= 11 is 0. The summed E-state index contributed by atoms with van der Waals surface area (Å²) in [4.78, 5) is 6.72. The second-order valence-corrected chi connectivity index (χ2v) is 5.06. The number of nitriles is 1. The molecule has 0 bridgehead atoms. The van der Waals surface area contributed by atoms with E-state index >= 15 is 0 Å². The van der Waals surface area contributed by atoms with Crippen LogP contribution in [0.1, 0.15) is 31.0 Å². The zero-order valence-corrected chi connectivity index (χ0v) is 11.7. The van der Waals surface area contributed by atoms with Crippen LogP contribution < -0.4 is 4.90 Å². The molecule has 2 heterocycles. The van der Waals surface area contributed by atoms with Crippen molar-refractivity contribution >= 4 is 5.82 Å². The van der Waals surface area contributed by atoms with E-state index < -0.39 is 0 Å². The Kier molecular flexibility index (Phi) is 4.75. The van der Waals surface area contributed by atoms with E-state index in [1.807, 2.05) is 26.0 Å². The standard InChI is InChI=1S/C15H21N3O/c1-3-19-11-13-5-4-8-18(10-13)15-7-6-12(2)14(9-16)17-15/h6-7,13H,3-5,8,10-11H2,1-2H3. The van der Waals surface area contributed by atoms with E-state index in [0.29, 0.717) is 11.6 Å². The van der Waals surface area contributed by atoms with Crippen LogP contribution in [0.4, 0.5) is 5.82 Å². The molecular weight excluding hydrogens is 238 g/mol. The Hall–Kier alpha value is -1.60. The normalized spacial score (nSPS) is 19.2. The number of rotatable bonds is 4. The number of anilines is 1. The number of nitrogens with zero attached hydrogens (tertiary/aromatic N) is 3. The molecule has 0 saturated carbocycles. The number of piperidine rings is 1. The van der Waals surface area contributed by atoms with Crippen molar-refractivity contribution in [2.45, 2.75) is 26.7 Å². The first kappa shape index (κ1) is 13.8. The van der Waals surface area contributed by atoms with Crippen LogP contribution in [0.25, 0.3) is 0 Å². The monoisotopic (exact) mass is 259 g/mol. The van der Waals surface area contributed by atoms with Gasteiger partial charge >= 0.3 is 0 Å². The lowest BCUT2D eigenvalue weighted by Gasteiger charge is -2.33. The highest BCUT2D eigenvalue weighted by atomic mass is 16.5. The third kappa shape index (κ3) is 3.45. The van der Waals surface area contributed by atoms with E-state index in [-0.39, 0.29) is 0 Å². The van der Waals surface area contributed by atoms with Gasteiger partial charge in [0.2, 0.25) is 0 Å². The first-order valence-corrected chi connectivity index (χ1v) is 6.95. The molecule has 0 radical (unpaired) electrons. The zero-order valence-electron chi connectivity index (χ0n) is 11.7. The van der Waals surface area contributed by atoms with Crippen LogP contribution in [0.3, 0.4) is 0 Å². The maximum absolute atomic E-state index is 9.06. The Bertz CT molecular complexity index is 467. The number of hydrogen-bond acceptors (Lipinski definition) is 4. The summed E-state index contributed by atoms with van der Waals surface area (Å²) < 4.78 is 5.52. The molecule has 19 heavy (non-hydrogen) atoms. The highest BCUT2D eigenvalue weighted by molar-refractivity contribution is 5.45. The van der Waals surface area contributed by atoms with Crippen molar-refractivity contribution in [1.29, 1.82) is 5.26 Å². The fourth-order valence-electron chi connectivity index (χ4n) is 2.50. The second-order valence-electron chi connectivity index (χ2n) is 5.06. The zero-order chi connectivity index (χ0) is 13.7. The summed E-state index contributed by atoms with van der Waals surface area (Å²) in [5.74, 6) is 1.49. The summed E-state index contributed by atoms with van der Waals surface area (Å²) in [7, 11) is 0. The van der Waals surface area contributed by atoms with Gasteiger partial charge in [-0.15, -0.1) is 0 Å². The van der Waals surface area contributed by atoms with Gasteiger partial charge in [0.05, 0.1) is 6.61 Å². The van der Waals surface area contributed by atoms with Crippen LogP contribution in [0.5, 0.6) is 0 Å². The van der Waals surface area contributed by atoms with Crippen LogP contribution in [0, 0.1) is 24.2 Å². The number of hydrogen-bond donors (Lipinski definition) is 0. The maximum atomic E-state index is 9.06. The topological polar surface area (TPSA) is 49.1 Å². The van der Waals surface area contributed by atoms with E-state index in [0.717, 1.165) is 44.1 Å². The minimum atomic E-state index is 0.532. The number of aryl methyl sites for hydroxylation is 1. The SMILES string of the molecule is CCOCC1CCCN(c2ccc(C)c(C#N)n2)C1. The van der Waals surface area contributed by atoms with Crippen molar-refractivity contribution < 1.29 is 4.74 Å². The van der Waals surface area contributed by atoms with Gasteiger partial charge in [-0.3, -0.25) is 0 Å². The second kappa shape index (κ2) is 6.53. The van der Waals surface area contributed by atoms with Gasteiger partial charge in [-0.2, -0.15) is 5.26 Å². The van der Waals surface area contributed by atoms with E-state index in [4.69, 9.17) is 10.00 Å². The third-order valence-corrected chi connectivity index (χ3v) is 3.59. The molecule has 0 N–H and O–H groups in total. The fourth-order valence-corrected chi connectivity index (χ4v) is 2.50. The van der Waals surface area contributed by atoms with Crippen molar-refractivity contribution in [1.82, 2.24) is 4.98 Å². The molecule has 1 aromatic rings. The van der Waals surface area contributed by atoms with Crippen LogP contribution in [-0.2, 0) is 4.74 Å². The molecule has 0 aromatic carbocycles. The summed E-state index contributed by atoms with van der Waals surface area (Å²) in [6.07, 6.45) is 2.38. The molecule has 0 amide bonds. The molecule has 0 aliphatic carbocycles. The number of pyridine rings is 1. The van der Waals surface area contributed by atoms with Crippen LogP contribution in [0.2, 0.25) is 0 Å². The molecule has 1 aromatic heterocycles. The molecule has 2 rings (SSSR count). The first-order valence-electron chi connectivity index (χ1n) is 6.95. The van der Waals surface area contributed by atoms with E-state index in [1.165, 1.54) is 6.42 Å². The lowest BCUT2D eigenvalue weighted by Crippen LogP contribution is -2.37. The molecule has 1 aliphatic rings. The lowest BCUT2D eigenvalue weighted by molar-refractivity contribution is 0.104. The molecular formula is C15H21N3O. The average molecular weight is 259 g/mol. The van der Waals surface area contributed by atoms with Gasteiger partial charge in [-0.25, -0.2) is 4.98 Å². The van der Waals surface area contributed by atoms with Crippen molar-refractivity contribution in [3.63, 3.8) is 0 Å².